The molecule has 0 spiro atoms. The molecule has 0 saturated carbocycles. The summed E-state index contributed by atoms with van der Waals surface area (Å²) in [6.45, 7) is 8.56. The summed E-state index contributed by atoms with van der Waals surface area (Å²) in [6, 6.07) is 0. The van der Waals surface area contributed by atoms with Gasteiger partial charge in [0.2, 0.25) is 0 Å². The van der Waals surface area contributed by atoms with E-state index in [4.69, 9.17) is 30.6 Å². The number of nitrogens with one attached hydrogen (secondary N) is 2. The molecule has 0 unspecified atom stereocenters. The minimum Gasteiger partial charge on any atom is -0.328 e. The van der Waals surface area contributed by atoms with Gasteiger partial charge in [0.1, 0.15) is 0 Å². The Labute approximate surface area is 92.5 Å². The van der Waals surface area contributed by atoms with Gasteiger partial charge in [-0.1, -0.05) is 13.8 Å². The SMILES string of the molecule is CCNCCNCC.O=[N+]([O-])O.O=[N+]([O-])O. The molecule has 0 aliphatic heterocycles. The lowest BCUT2D eigenvalue weighted by Crippen LogP contribution is -2.26. The normalized spacial score (nSPS) is 7.88. The van der Waals surface area contributed by atoms with Crippen LogP contribution >= 0.6 is 0 Å². The highest BCUT2D eigenvalue weighted by atomic mass is 16.9. The van der Waals surface area contributed by atoms with E-state index >= 15 is 0 Å². The molecule has 0 aromatic carbocycles. The zero-order chi connectivity index (χ0) is 13.4. The second-order valence-corrected chi connectivity index (χ2v) is 2.18. The molecule has 0 radical (unpaired) electrons. The van der Waals surface area contributed by atoms with Gasteiger partial charge in [0.05, 0.1) is 0 Å². The molecule has 98 valence electrons. The predicted octanol–water partition coefficient (Wildman–Crippen LogP) is -0.490. The Morgan fingerprint density at radius 1 is 0.938 bits per heavy atom. The zero-order valence-corrected chi connectivity index (χ0v) is 9.25. The summed E-state index contributed by atoms with van der Waals surface area (Å²) in [5.41, 5.74) is 0. The van der Waals surface area contributed by atoms with Crippen LogP contribution in [0.1, 0.15) is 13.8 Å². The zero-order valence-electron chi connectivity index (χ0n) is 9.25. The molecule has 0 amide bonds. The molecule has 0 aliphatic carbocycles. The lowest BCUT2D eigenvalue weighted by molar-refractivity contribution is -0.742. The molecule has 0 fully saturated rings. The van der Waals surface area contributed by atoms with Gasteiger partial charge in [-0.2, -0.15) is 0 Å². The summed E-state index contributed by atoms with van der Waals surface area (Å²) < 4.78 is 0. The Kier molecular flexibility index (Phi) is 23.5. The van der Waals surface area contributed by atoms with Crippen LogP contribution in [0.4, 0.5) is 0 Å². The highest BCUT2D eigenvalue weighted by Crippen LogP contribution is 1.56. The molecule has 10 nitrogen and oxygen atoms in total. The average molecular weight is 242 g/mol. The van der Waals surface area contributed by atoms with Gasteiger partial charge in [-0.3, -0.25) is 0 Å². The highest BCUT2D eigenvalue weighted by Gasteiger charge is 1.79. The van der Waals surface area contributed by atoms with Crippen LogP contribution in [0.3, 0.4) is 0 Å². The van der Waals surface area contributed by atoms with E-state index in [1.165, 1.54) is 0 Å². The van der Waals surface area contributed by atoms with Crippen LogP contribution in [-0.2, 0) is 0 Å². The maximum atomic E-state index is 8.36. The maximum absolute atomic E-state index is 8.36. The first-order valence-electron chi connectivity index (χ1n) is 4.46. The molecule has 0 saturated heterocycles. The fraction of sp³-hybridized carbons (Fsp3) is 1.00. The smallest absolute Gasteiger partial charge is 0.291 e. The fourth-order valence-electron chi connectivity index (χ4n) is 0.530. The summed E-state index contributed by atoms with van der Waals surface area (Å²) in [5.74, 6) is 0. The number of nitrogens with zero attached hydrogens (tertiary/aromatic N) is 2. The maximum Gasteiger partial charge on any atom is 0.291 e. The van der Waals surface area contributed by atoms with E-state index in [1.807, 2.05) is 0 Å². The third-order valence-electron chi connectivity index (χ3n) is 0.979. The summed E-state index contributed by atoms with van der Waals surface area (Å²) >= 11 is 0. The van der Waals surface area contributed by atoms with Gasteiger partial charge in [-0.15, -0.1) is 20.2 Å². The Balaban J connectivity index is -0.000000179. The first kappa shape index (κ1) is 19.8. The molecular weight excluding hydrogens is 224 g/mol. The van der Waals surface area contributed by atoms with Crippen LogP contribution in [0.25, 0.3) is 0 Å². The largest absolute Gasteiger partial charge is 0.328 e. The van der Waals surface area contributed by atoms with Gasteiger partial charge in [0.25, 0.3) is 10.2 Å². The van der Waals surface area contributed by atoms with Crippen molar-refractivity contribution in [3.8, 4) is 0 Å². The van der Waals surface area contributed by atoms with E-state index in [9.17, 15) is 0 Å². The van der Waals surface area contributed by atoms with Crippen molar-refractivity contribution in [2.45, 2.75) is 13.8 Å². The van der Waals surface area contributed by atoms with Crippen molar-refractivity contribution < 1.29 is 20.6 Å². The Hall–Kier alpha value is -1.68. The third kappa shape index (κ3) is 143. The minimum atomic E-state index is -1.50. The first-order valence-corrected chi connectivity index (χ1v) is 4.46. The highest BCUT2D eigenvalue weighted by molar-refractivity contribution is 4.45. The van der Waals surface area contributed by atoms with E-state index < -0.39 is 10.2 Å². The molecule has 0 aliphatic rings. The molecular formula is C6H18N4O6. The van der Waals surface area contributed by atoms with Gasteiger partial charge in [-0.25, -0.2) is 0 Å². The average Bonchev–Trinajstić information content (AvgIpc) is 2.11. The minimum absolute atomic E-state index is 1.07. The summed E-state index contributed by atoms with van der Waals surface area (Å²) in [5, 5.41) is 33.7. The molecule has 10 heteroatoms. The fourth-order valence-corrected chi connectivity index (χ4v) is 0.530. The lowest BCUT2D eigenvalue weighted by atomic mass is 10.6. The lowest BCUT2D eigenvalue weighted by Gasteiger charge is -1.99. The van der Waals surface area contributed by atoms with Crippen LogP contribution in [-0.4, -0.2) is 46.8 Å². The topological polar surface area (TPSA) is 151 Å². The summed E-state index contributed by atoms with van der Waals surface area (Å²) in [7, 11) is 0. The van der Waals surface area contributed by atoms with E-state index in [-0.39, 0.29) is 0 Å². The molecule has 0 atom stereocenters. The Morgan fingerprint density at radius 3 is 1.25 bits per heavy atom. The number of hydrogen-bond donors (Lipinski definition) is 4. The predicted molar refractivity (Wildman–Crippen MR) is 54.6 cm³/mol. The van der Waals surface area contributed by atoms with Gasteiger partial charge >= 0.3 is 0 Å². The quantitative estimate of drug-likeness (QED) is 0.286. The molecule has 0 heterocycles. The number of rotatable bonds is 5. The molecule has 0 aromatic heterocycles. The van der Waals surface area contributed by atoms with Crippen LogP contribution < -0.4 is 10.6 Å². The molecule has 0 bridgehead atoms. The molecule has 4 N–H and O–H groups in total. The Morgan fingerprint density at radius 2 is 1.12 bits per heavy atom. The van der Waals surface area contributed by atoms with Crippen molar-refractivity contribution in [2.75, 3.05) is 26.2 Å². The summed E-state index contributed by atoms with van der Waals surface area (Å²) in [4.78, 5) is 16.7. The first-order chi connectivity index (χ1) is 7.38. The number of hydrogen-bond acceptors (Lipinski definition) is 6. The third-order valence-corrected chi connectivity index (χ3v) is 0.979. The van der Waals surface area contributed by atoms with Crippen molar-refractivity contribution in [3.63, 3.8) is 0 Å². The van der Waals surface area contributed by atoms with E-state index in [0.29, 0.717) is 0 Å². The van der Waals surface area contributed by atoms with Gasteiger partial charge in [0.15, 0.2) is 0 Å². The van der Waals surface area contributed by atoms with Crippen molar-refractivity contribution in [1.82, 2.24) is 10.6 Å². The van der Waals surface area contributed by atoms with Crippen LogP contribution in [0.15, 0.2) is 0 Å². The van der Waals surface area contributed by atoms with E-state index in [0.717, 1.165) is 26.2 Å². The van der Waals surface area contributed by atoms with E-state index in [1.54, 1.807) is 0 Å². The van der Waals surface area contributed by atoms with Crippen molar-refractivity contribution in [2.24, 2.45) is 0 Å². The van der Waals surface area contributed by atoms with Crippen molar-refractivity contribution >= 4 is 0 Å². The molecule has 16 heavy (non-hydrogen) atoms. The Bertz CT molecular complexity index is 141. The van der Waals surface area contributed by atoms with E-state index in [2.05, 4.69) is 24.5 Å². The second kappa shape index (κ2) is 19.0. The summed E-state index contributed by atoms with van der Waals surface area (Å²) in [6.07, 6.45) is 0. The monoisotopic (exact) mass is 242 g/mol. The van der Waals surface area contributed by atoms with Crippen molar-refractivity contribution in [1.29, 1.82) is 0 Å². The van der Waals surface area contributed by atoms with Gasteiger partial charge < -0.3 is 21.0 Å². The van der Waals surface area contributed by atoms with Gasteiger partial charge in [-0.05, 0) is 13.1 Å². The number of likely N-dealkylation sites (N-methyl/N-ethyl adjacent to an activating group) is 2. The molecule has 0 rings (SSSR count). The second-order valence-electron chi connectivity index (χ2n) is 2.18. The standard InChI is InChI=1S/C6H16N2.2HNO3/c1-3-7-5-6-8-4-2;2*2-1(3)4/h7-8H,3-6H2,1-2H3;2*(H,2,3,4). The molecule has 0 aromatic rings. The van der Waals surface area contributed by atoms with Crippen LogP contribution in [0.2, 0.25) is 0 Å². The van der Waals surface area contributed by atoms with Crippen LogP contribution in [0.5, 0.6) is 0 Å². The van der Waals surface area contributed by atoms with Gasteiger partial charge in [0, 0.05) is 13.1 Å². The van der Waals surface area contributed by atoms with Crippen LogP contribution in [0, 0.1) is 20.2 Å². The van der Waals surface area contributed by atoms with Crippen molar-refractivity contribution in [3.05, 3.63) is 20.2 Å².